The lowest BCUT2D eigenvalue weighted by Gasteiger charge is -2.42. The molecule has 0 fully saturated rings. The summed E-state index contributed by atoms with van der Waals surface area (Å²) >= 11 is 6.00. The molecule has 0 saturated carbocycles. The highest BCUT2D eigenvalue weighted by atomic mass is 35.5. The van der Waals surface area contributed by atoms with Crippen LogP contribution in [0.3, 0.4) is 0 Å². The number of carbonyl (C=O) groups excluding carboxylic acids is 3. The highest BCUT2D eigenvalue weighted by Crippen LogP contribution is 2.34. The van der Waals surface area contributed by atoms with Crippen molar-refractivity contribution in [2.24, 2.45) is 5.41 Å². The molecular weight excluding hydrogens is 636 g/mol. The molecule has 1 aromatic heterocycles. The van der Waals surface area contributed by atoms with Gasteiger partial charge in [-0.25, -0.2) is 14.8 Å². The monoisotopic (exact) mass is 676 g/mol. The van der Waals surface area contributed by atoms with Gasteiger partial charge >= 0.3 is 6.09 Å². The van der Waals surface area contributed by atoms with E-state index < -0.39 is 41.4 Å². The first-order chi connectivity index (χ1) is 22.7. The standard InChI is InChI=1S/C35H41ClN6O6/c1-20(41(5)34(46)47)31(43)40-30(35(2,3)4)33(45)42-18-23-15-24(48-29-17-28(36)37-19-38-29)14-13-22(23)16-27(42)32(44)39-26-12-8-10-21-9-6-7-11-25(21)26/h6-7,9,11,13-15,17,19-20,26-27,30H,8,10,12,16,18H2,1-5H3,(H,39,44)(H,40,43)(H,46,47)/t20-,26+,27-,30+/m0/s1. The Morgan fingerprint density at radius 3 is 2.52 bits per heavy atom. The molecule has 1 aliphatic carbocycles. The maximum absolute atomic E-state index is 14.6. The maximum Gasteiger partial charge on any atom is 0.407 e. The molecular formula is C35H41ClN6O6. The van der Waals surface area contributed by atoms with E-state index in [0.717, 1.165) is 40.9 Å². The first kappa shape index (κ1) is 34.6. The highest BCUT2D eigenvalue weighted by molar-refractivity contribution is 6.29. The smallest absolute Gasteiger partial charge is 0.407 e. The quantitative estimate of drug-likeness (QED) is 0.285. The molecule has 0 saturated heterocycles. The molecule has 2 heterocycles. The average Bonchev–Trinajstić information content (AvgIpc) is 3.05. The molecule has 12 nitrogen and oxygen atoms in total. The molecule has 5 rings (SSSR count). The molecule has 0 unspecified atom stereocenters. The van der Waals surface area contributed by atoms with Crippen LogP contribution in [-0.4, -0.2) is 73.9 Å². The second-order valence-corrected chi connectivity index (χ2v) is 13.8. The summed E-state index contributed by atoms with van der Waals surface area (Å²) in [4.78, 5) is 63.9. The second kappa shape index (κ2) is 14.2. The van der Waals surface area contributed by atoms with Crippen LogP contribution in [0.4, 0.5) is 4.79 Å². The molecule has 0 bridgehead atoms. The minimum Gasteiger partial charge on any atom is -0.465 e. The molecule has 0 spiro atoms. The van der Waals surface area contributed by atoms with Gasteiger partial charge in [0.2, 0.25) is 23.6 Å². The summed E-state index contributed by atoms with van der Waals surface area (Å²) in [5, 5.41) is 15.7. The van der Waals surface area contributed by atoms with Gasteiger partial charge in [0.15, 0.2) is 0 Å². The zero-order valence-corrected chi connectivity index (χ0v) is 28.5. The average molecular weight is 677 g/mol. The normalized spacial score (nSPS) is 18.4. The predicted octanol–water partition coefficient (Wildman–Crippen LogP) is 4.90. The number of carbonyl (C=O) groups is 4. The molecule has 4 amide bonds. The molecule has 1 aliphatic heterocycles. The molecule has 2 aliphatic rings. The van der Waals surface area contributed by atoms with E-state index in [-0.39, 0.29) is 35.9 Å². The number of ether oxygens (including phenoxy) is 1. The number of amides is 4. The van der Waals surface area contributed by atoms with Gasteiger partial charge in [-0.3, -0.25) is 19.3 Å². The largest absolute Gasteiger partial charge is 0.465 e. The van der Waals surface area contributed by atoms with Gasteiger partial charge in [-0.2, -0.15) is 0 Å². The first-order valence-corrected chi connectivity index (χ1v) is 16.3. The number of hydrogen-bond acceptors (Lipinski definition) is 7. The van der Waals surface area contributed by atoms with Gasteiger partial charge in [-0.15, -0.1) is 0 Å². The molecule has 4 atom stereocenters. The maximum atomic E-state index is 14.6. The summed E-state index contributed by atoms with van der Waals surface area (Å²) in [7, 11) is 1.29. The fraction of sp³-hybridized carbons (Fsp3) is 0.429. The van der Waals surface area contributed by atoms with E-state index in [1.807, 2.05) is 45.0 Å². The highest BCUT2D eigenvalue weighted by Gasteiger charge is 2.43. The Morgan fingerprint density at radius 1 is 1.06 bits per heavy atom. The number of benzene rings is 2. The van der Waals surface area contributed by atoms with Crippen LogP contribution >= 0.6 is 11.6 Å². The summed E-state index contributed by atoms with van der Waals surface area (Å²) < 4.78 is 5.92. The molecule has 254 valence electrons. The second-order valence-electron chi connectivity index (χ2n) is 13.4. The number of fused-ring (bicyclic) bond motifs is 2. The van der Waals surface area contributed by atoms with Crippen LogP contribution in [0.2, 0.25) is 5.15 Å². The van der Waals surface area contributed by atoms with Crippen molar-refractivity contribution in [1.82, 2.24) is 30.4 Å². The lowest BCUT2D eigenvalue weighted by Crippen LogP contribution is -2.62. The summed E-state index contributed by atoms with van der Waals surface area (Å²) in [5.41, 5.74) is 3.14. The van der Waals surface area contributed by atoms with Gasteiger partial charge in [-0.1, -0.05) is 62.7 Å². The summed E-state index contributed by atoms with van der Waals surface area (Å²) in [6.07, 6.45) is 2.91. The lowest BCUT2D eigenvalue weighted by molar-refractivity contribution is -0.147. The van der Waals surface area contributed by atoms with E-state index >= 15 is 0 Å². The van der Waals surface area contributed by atoms with E-state index in [2.05, 4.69) is 26.7 Å². The van der Waals surface area contributed by atoms with Gasteiger partial charge in [0, 0.05) is 26.1 Å². The molecule has 13 heteroatoms. The summed E-state index contributed by atoms with van der Waals surface area (Å²) in [6.45, 7) is 6.96. The van der Waals surface area contributed by atoms with Crippen LogP contribution < -0.4 is 15.4 Å². The van der Waals surface area contributed by atoms with Crippen LogP contribution in [0, 0.1) is 5.41 Å². The first-order valence-electron chi connectivity index (χ1n) is 15.9. The van der Waals surface area contributed by atoms with Crippen LogP contribution in [0.5, 0.6) is 11.6 Å². The summed E-state index contributed by atoms with van der Waals surface area (Å²) in [6, 6.07) is 11.8. The van der Waals surface area contributed by atoms with E-state index in [1.54, 1.807) is 12.1 Å². The Morgan fingerprint density at radius 2 is 1.81 bits per heavy atom. The number of likely N-dealkylation sites (N-methyl/N-ethyl adjacent to an activating group) is 1. The van der Waals surface area contributed by atoms with Crippen molar-refractivity contribution in [2.75, 3.05) is 7.05 Å². The van der Waals surface area contributed by atoms with Crippen LogP contribution in [-0.2, 0) is 33.8 Å². The summed E-state index contributed by atoms with van der Waals surface area (Å²) in [5.74, 6) is -0.650. The third-order valence-corrected chi connectivity index (χ3v) is 9.28. The number of aryl methyl sites for hydroxylation is 1. The fourth-order valence-electron chi connectivity index (χ4n) is 6.17. The van der Waals surface area contributed by atoms with E-state index in [0.29, 0.717) is 5.75 Å². The predicted molar refractivity (Wildman–Crippen MR) is 178 cm³/mol. The van der Waals surface area contributed by atoms with Crippen molar-refractivity contribution < 1.29 is 29.0 Å². The number of nitrogens with one attached hydrogen (secondary N) is 2. The number of hydrogen-bond donors (Lipinski definition) is 3. The minimum absolute atomic E-state index is 0.0717. The van der Waals surface area contributed by atoms with Crippen molar-refractivity contribution in [3.63, 3.8) is 0 Å². The zero-order valence-electron chi connectivity index (χ0n) is 27.7. The van der Waals surface area contributed by atoms with Crippen molar-refractivity contribution >= 4 is 35.4 Å². The van der Waals surface area contributed by atoms with Gasteiger partial charge in [-0.05, 0) is 66.0 Å². The Kier molecular flexibility index (Phi) is 10.2. The third kappa shape index (κ3) is 7.70. The molecule has 48 heavy (non-hydrogen) atoms. The number of halogens is 1. The van der Waals surface area contributed by atoms with E-state index in [4.69, 9.17) is 16.3 Å². The van der Waals surface area contributed by atoms with E-state index in [1.165, 1.54) is 36.8 Å². The fourth-order valence-corrected chi connectivity index (χ4v) is 6.31. The van der Waals surface area contributed by atoms with Crippen LogP contribution in [0.1, 0.15) is 68.8 Å². The Balaban J connectivity index is 1.47. The van der Waals surface area contributed by atoms with Crippen molar-refractivity contribution in [1.29, 1.82) is 0 Å². The van der Waals surface area contributed by atoms with Crippen LogP contribution in [0.25, 0.3) is 0 Å². The van der Waals surface area contributed by atoms with Gasteiger partial charge in [0.25, 0.3) is 0 Å². The molecule has 2 aromatic carbocycles. The number of rotatable bonds is 8. The Hall–Kier alpha value is -4.71. The van der Waals surface area contributed by atoms with Crippen molar-refractivity contribution in [3.8, 4) is 11.6 Å². The van der Waals surface area contributed by atoms with Crippen LogP contribution in [0.15, 0.2) is 54.9 Å². The van der Waals surface area contributed by atoms with Gasteiger partial charge in [0.05, 0.1) is 6.04 Å². The Bertz CT molecular complexity index is 1710. The molecule has 3 aromatic rings. The molecule has 3 N–H and O–H groups in total. The SMILES string of the molecule is C[C@@H](C(=O)N[C@H](C(=O)N1Cc2cc(Oc3cc(Cl)ncn3)ccc2C[C@H]1C(=O)N[C@@H]1CCCc2ccccc21)C(C)(C)C)N(C)C(=O)O. The number of carboxylic acid groups (broad SMARTS) is 1. The minimum atomic E-state index is -1.27. The van der Waals surface area contributed by atoms with Gasteiger partial charge < -0.3 is 25.4 Å². The number of aromatic nitrogens is 2. The van der Waals surface area contributed by atoms with E-state index in [9.17, 15) is 24.3 Å². The molecule has 0 radical (unpaired) electrons. The lowest BCUT2D eigenvalue weighted by atomic mass is 9.83. The number of nitrogens with zero attached hydrogens (tertiary/aromatic N) is 4. The van der Waals surface area contributed by atoms with Crippen molar-refractivity contribution in [3.05, 3.63) is 82.3 Å². The Labute approximate surface area is 284 Å². The topological polar surface area (TPSA) is 154 Å². The van der Waals surface area contributed by atoms with Gasteiger partial charge in [0.1, 0.15) is 35.4 Å². The van der Waals surface area contributed by atoms with Crippen molar-refractivity contribution in [2.45, 2.75) is 84.1 Å². The zero-order chi connectivity index (χ0) is 34.7. The third-order valence-electron chi connectivity index (χ3n) is 9.07.